The largest absolute Gasteiger partial charge is 0.394 e. The van der Waals surface area contributed by atoms with E-state index in [4.69, 9.17) is 10.1 Å². The molecule has 0 unspecified atom stereocenters. The molecule has 3 heterocycles. The Morgan fingerprint density at radius 1 is 1.25 bits per heavy atom. The SMILES string of the molecule is Cc1ccc2c(C(=O)N3CCSCC3)cc(-c3cnn(CCO)c3)nc2c1C. The molecule has 7 heteroatoms. The number of benzene rings is 1. The lowest BCUT2D eigenvalue weighted by Gasteiger charge is -2.27. The van der Waals surface area contributed by atoms with E-state index in [1.165, 1.54) is 0 Å². The minimum absolute atomic E-state index is 0.0290. The second kappa shape index (κ2) is 7.93. The molecule has 1 amide bonds. The van der Waals surface area contributed by atoms with Gasteiger partial charge in [0.05, 0.1) is 36.1 Å². The predicted molar refractivity (Wildman–Crippen MR) is 113 cm³/mol. The molecule has 0 radical (unpaired) electrons. The minimum atomic E-state index is 0.0290. The van der Waals surface area contributed by atoms with Crippen LogP contribution in [0.1, 0.15) is 21.5 Å². The Bertz CT molecular complexity index is 1020. The number of amides is 1. The number of aryl methyl sites for hydroxylation is 2. The van der Waals surface area contributed by atoms with Gasteiger partial charge in [0.15, 0.2) is 0 Å². The van der Waals surface area contributed by atoms with Crippen LogP contribution in [0.5, 0.6) is 0 Å². The van der Waals surface area contributed by atoms with Crippen molar-refractivity contribution in [3.63, 3.8) is 0 Å². The van der Waals surface area contributed by atoms with Gasteiger partial charge in [-0.3, -0.25) is 9.48 Å². The highest BCUT2D eigenvalue weighted by Crippen LogP contribution is 2.29. The number of carbonyl (C=O) groups excluding carboxylic acids is 1. The van der Waals surface area contributed by atoms with Gasteiger partial charge in [-0.25, -0.2) is 4.98 Å². The molecule has 0 saturated carbocycles. The maximum Gasteiger partial charge on any atom is 0.254 e. The third-order valence-corrected chi connectivity index (χ3v) is 6.23. The molecule has 4 rings (SSSR count). The van der Waals surface area contributed by atoms with E-state index in [1.807, 2.05) is 35.0 Å². The number of thioether (sulfide) groups is 1. The van der Waals surface area contributed by atoms with E-state index in [0.717, 1.165) is 57.9 Å². The fourth-order valence-electron chi connectivity index (χ4n) is 3.51. The van der Waals surface area contributed by atoms with Crippen LogP contribution in [-0.2, 0) is 6.54 Å². The maximum absolute atomic E-state index is 13.3. The van der Waals surface area contributed by atoms with Crippen LogP contribution < -0.4 is 0 Å². The Hall–Kier alpha value is -2.38. The Kier molecular flexibility index (Phi) is 5.37. The lowest BCUT2D eigenvalue weighted by Crippen LogP contribution is -2.38. The van der Waals surface area contributed by atoms with Gasteiger partial charge in [-0.15, -0.1) is 0 Å². The summed E-state index contributed by atoms with van der Waals surface area (Å²) < 4.78 is 1.69. The van der Waals surface area contributed by atoms with E-state index in [2.05, 4.69) is 25.0 Å². The van der Waals surface area contributed by atoms with Gasteiger partial charge in [0.1, 0.15) is 0 Å². The average molecular weight is 397 g/mol. The molecule has 1 aliphatic heterocycles. The lowest BCUT2D eigenvalue weighted by molar-refractivity contribution is 0.0774. The summed E-state index contributed by atoms with van der Waals surface area (Å²) in [6.45, 7) is 6.13. The molecule has 1 saturated heterocycles. The van der Waals surface area contributed by atoms with Crippen molar-refractivity contribution in [2.24, 2.45) is 0 Å². The number of aliphatic hydroxyl groups is 1. The molecule has 1 aliphatic rings. The number of hydrogen-bond acceptors (Lipinski definition) is 5. The van der Waals surface area contributed by atoms with Crippen molar-refractivity contribution < 1.29 is 9.90 Å². The van der Waals surface area contributed by atoms with Gasteiger partial charge in [0.2, 0.25) is 0 Å². The van der Waals surface area contributed by atoms with Crippen LogP contribution in [0.15, 0.2) is 30.6 Å². The Morgan fingerprint density at radius 3 is 2.79 bits per heavy atom. The van der Waals surface area contributed by atoms with Gasteiger partial charge in [0.25, 0.3) is 5.91 Å². The first kappa shape index (κ1) is 19.0. The maximum atomic E-state index is 13.3. The van der Waals surface area contributed by atoms with Crippen molar-refractivity contribution in [3.8, 4) is 11.3 Å². The van der Waals surface area contributed by atoms with Crippen molar-refractivity contribution in [2.75, 3.05) is 31.2 Å². The zero-order valence-electron chi connectivity index (χ0n) is 16.2. The monoisotopic (exact) mass is 396 g/mol. The normalized spacial score (nSPS) is 14.6. The summed E-state index contributed by atoms with van der Waals surface area (Å²) in [4.78, 5) is 20.2. The highest BCUT2D eigenvalue weighted by atomic mass is 32.2. The molecule has 6 nitrogen and oxygen atoms in total. The molecule has 0 bridgehead atoms. The summed E-state index contributed by atoms with van der Waals surface area (Å²) in [5.74, 6) is 2.03. The van der Waals surface area contributed by atoms with Gasteiger partial charge in [-0.1, -0.05) is 12.1 Å². The first-order chi connectivity index (χ1) is 13.6. The van der Waals surface area contributed by atoms with Gasteiger partial charge >= 0.3 is 0 Å². The Labute approximate surface area is 168 Å². The Morgan fingerprint density at radius 2 is 2.04 bits per heavy atom. The highest BCUT2D eigenvalue weighted by Gasteiger charge is 2.22. The van der Waals surface area contributed by atoms with Crippen molar-refractivity contribution >= 4 is 28.6 Å². The summed E-state index contributed by atoms with van der Waals surface area (Å²) in [7, 11) is 0. The first-order valence-electron chi connectivity index (χ1n) is 9.50. The standard InChI is InChI=1S/C21H24N4O2S/c1-14-3-4-17-18(21(27)24-6-9-28-10-7-24)11-19(23-20(17)15(14)2)16-12-22-25(13-16)5-8-26/h3-4,11-13,26H,5-10H2,1-2H3. The van der Waals surface area contributed by atoms with Crippen LogP contribution in [0, 0.1) is 13.8 Å². The first-order valence-corrected chi connectivity index (χ1v) is 10.7. The minimum Gasteiger partial charge on any atom is -0.394 e. The number of fused-ring (bicyclic) bond motifs is 1. The zero-order valence-corrected chi connectivity index (χ0v) is 17.0. The predicted octanol–water partition coefficient (Wildman–Crippen LogP) is 2.90. The van der Waals surface area contributed by atoms with Crippen molar-refractivity contribution in [2.45, 2.75) is 20.4 Å². The van der Waals surface area contributed by atoms with E-state index in [0.29, 0.717) is 12.1 Å². The van der Waals surface area contributed by atoms with Gasteiger partial charge in [0, 0.05) is 41.7 Å². The van der Waals surface area contributed by atoms with E-state index in [-0.39, 0.29) is 12.5 Å². The number of aliphatic hydroxyl groups excluding tert-OH is 1. The van der Waals surface area contributed by atoms with E-state index in [1.54, 1.807) is 10.9 Å². The van der Waals surface area contributed by atoms with Crippen LogP contribution in [0.4, 0.5) is 0 Å². The molecular formula is C21H24N4O2S. The number of carbonyl (C=O) groups is 1. The smallest absolute Gasteiger partial charge is 0.254 e. The molecule has 28 heavy (non-hydrogen) atoms. The van der Waals surface area contributed by atoms with Crippen LogP contribution in [0.25, 0.3) is 22.2 Å². The second-order valence-corrected chi connectivity index (χ2v) is 8.30. The quantitative estimate of drug-likeness (QED) is 0.734. The molecule has 3 aromatic rings. The molecule has 0 aliphatic carbocycles. The van der Waals surface area contributed by atoms with Crippen molar-refractivity contribution in [1.29, 1.82) is 0 Å². The van der Waals surface area contributed by atoms with Crippen molar-refractivity contribution in [3.05, 3.63) is 47.3 Å². The fourth-order valence-corrected chi connectivity index (χ4v) is 4.41. The number of aromatic nitrogens is 3. The fraction of sp³-hybridized carbons (Fsp3) is 0.381. The molecular weight excluding hydrogens is 372 g/mol. The highest BCUT2D eigenvalue weighted by molar-refractivity contribution is 7.99. The third kappa shape index (κ3) is 3.52. The van der Waals surface area contributed by atoms with E-state index < -0.39 is 0 Å². The van der Waals surface area contributed by atoms with Crippen LogP contribution in [0.3, 0.4) is 0 Å². The second-order valence-electron chi connectivity index (χ2n) is 7.08. The Balaban J connectivity index is 1.86. The molecule has 1 N–H and O–H groups in total. The lowest BCUT2D eigenvalue weighted by atomic mass is 9.99. The number of hydrogen-bond donors (Lipinski definition) is 1. The average Bonchev–Trinajstić information content (AvgIpc) is 3.19. The van der Waals surface area contributed by atoms with Crippen LogP contribution >= 0.6 is 11.8 Å². The summed E-state index contributed by atoms with van der Waals surface area (Å²) in [6.07, 6.45) is 3.60. The molecule has 0 atom stereocenters. The molecule has 1 aromatic carbocycles. The summed E-state index contributed by atoms with van der Waals surface area (Å²) in [5, 5.41) is 14.3. The number of nitrogens with zero attached hydrogens (tertiary/aromatic N) is 4. The van der Waals surface area contributed by atoms with E-state index in [9.17, 15) is 4.79 Å². The molecule has 146 valence electrons. The zero-order chi connectivity index (χ0) is 19.7. The number of pyridine rings is 1. The van der Waals surface area contributed by atoms with E-state index >= 15 is 0 Å². The molecule has 1 fully saturated rings. The molecule has 0 spiro atoms. The van der Waals surface area contributed by atoms with Crippen molar-refractivity contribution in [1.82, 2.24) is 19.7 Å². The van der Waals surface area contributed by atoms with Crippen LogP contribution in [-0.4, -0.2) is 61.9 Å². The van der Waals surface area contributed by atoms with Gasteiger partial charge in [-0.05, 0) is 31.0 Å². The van der Waals surface area contributed by atoms with Crippen LogP contribution in [0.2, 0.25) is 0 Å². The van der Waals surface area contributed by atoms with Gasteiger partial charge in [-0.2, -0.15) is 16.9 Å². The summed E-state index contributed by atoms with van der Waals surface area (Å²) >= 11 is 1.89. The van der Waals surface area contributed by atoms with Gasteiger partial charge < -0.3 is 10.0 Å². The topological polar surface area (TPSA) is 71.2 Å². The summed E-state index contributed by atoms with van der Waals surface area (Å²) in [5.41, 5.74) is 5.39. The summed E-state index contributed by atoms with van der Waals surface area (Å²) in [6, 6.07) is 5.96. The molecule has 2 aromatic heterocycles. The number of rotatable bonds is 4. The third-order valence-electron chi connectivity index (χ3n) is 5.29.